The number of hydrogen-bond donors (Lipinski definition) is 0. The van der Waals surface area contributed by atoms with Crippen LogP contribution in [0.3, 0.4) is 0 Å². The van der Waals surface area contributed by atoms with Crippen LogP contribution in [0.4, 0.5) is 22.0 Å². The van der Waals surface area contributed by atoms with Gasteiger partial charge in [-0.1, -0.05) is 0 Å². The number of alkyl halides is 3. The minimum Gasteiger partial charge on any atom is -0.481 e. The predicted molar refractivity (Wildman–Crippen MR) is 118 cm³/mol. The molecule has 2 aromatic rings. The number of nitrogens with zero attached hydrogens (tertiary/aromatic N) is 4. The van der Waals surface area contributed by atoms with Crippen molar-refractivity contribution in [1.82, 2.24) is 14.9 Å². The molecule has 13 heteroatoms. The number of aromatic nitrogens is 1. The topological polar surface area (TPSA) is 84.3 Å². The smallest absolute Gasteiger partial charge is 0.419 e. The Hall–Kier alpha value is -3.35. The summed E-state index contributed by atoms with van der Waals surface area (Å²) in [6.45, 7) is 2.10. The fourth-order valence-electron chi connectivity index (χ4n) is 4.01. The molecule has 36 heavy (non-hydrogen) atoms. The zero-order chi connectivity index (χ0) is 26.5. The quantitative estimate of drug-likeness (QED) is 0.317. The molecule has 1 atom stereocenters. The maximum atomic E-state index is 14.0. The Morgan fingerprint density at radius 1 is 1.19 bits per heavy atom. The summed E-state index contributed by atoms with van der Waals surface area (Å²) in [7, 11) is 2.79. The number of hydrogen-bond acceptors (Lipinski definition) is 6. The Labute approximate surface area is 203 Å². The van der Waals surface area contributed by atoms with Gasteiger partial charge < -0.3 is 14.4 Å². The summed E-state index contributed by atoms with van der Waals surface area (Å²) in [5.41, 5.74) is -1.38. The first kappa shape index (κ1) is 27.2. The van der Waals surface area contributed by atoms with E-state index in [1.165, 1.54) is 7.05 Å². The van der Waals surface area contributed by atoms with Gasteiger partial charge in [-0.15, -0.1) is 4.91 Å². The molecule has 3 heterocycles. The van der Waals surface area contributed by atoms with E-state index in [4.69, 9.17) is 9.47 Å². The maximum absolute atomic E-state index is 14.0. The molecule has 0 aliphatic carbocycles. The monoisotopic (exact) mass is 516 g/mol. The number of carbonyl (C=O) groups excluding carboxylic acids is 1. The molecule has 2 aliphatic heterocycles. The second-order valence-electron chi connectivity index (χ2n) is 8.34. The molecule has 8 nitrogen and oxygen atoms in total. The lowest BCUT2D eigenvalue weighted by atomic mass is 9.90. The summed E-state index contributed by atoms with van der Waals surface area (Å²) in [4.78, 5) is 28.4. The van der Waals surface area contributed by atoms with Gasteiger partial charge in [-0.3, -0.25) is 9.80 Å². The first-order chi connectivity index (χ1) is 17.1. The number of pyridine rings is 1. The van der Waals surface area contributed by atoms with Crippen molar-refractivity contribution in [3.63, 3.8) is 0 Å². The van der Waals surface area contributed by atoms with Crippen LogP contribution in [0.25, 0.3) is 0 Å². The largest absolute Gasteiger partial charge is 0.481 e. The van der Waals surface area contributed by atoms with Crippen molar-refractivity contribution < 1.29 is 36.2 Å². The van der Waals surface area contributed by atoms with E-state index < -0.39 is 29.4 Å². The lowest BCUT2D eigenvalue weighted by Gasteiger charge is -2.36. The standard InChI is InChI=1S/C12H11F5N2O2.C11H14N2O2/c1-19(18-20)11(6-4-21-5-6)7-2-10(14)8(3-9(7)13)12(15,16)17;1-15-10-8-9(4-5-12-10)11(14)13-6-2-3-7-13/h2-3,6,11H,4-5H2,1H3;4-5,8H,2-3,6-7H2,1H3. The summed E-state index contributed by atoms with van der Waals surface area (Å²) >= 11 is 0. The van der Waals surface area contributed by atoms with Crippen molar-refractivity contribution in [3.05, 3.63) is 63.7 Å². The molecule has 0 N–H and O–H groups in total. The molecule has 1 aromatic carbocycles. The minimum atomic E-state index is -4.99. The van der Waals surface area contributed by atoms with Crippen LogP contribution in [0.15, 0.2) is 35.7 Å². The van der Waals surface area contributed by atoms with Crippen LogP contribution in [-0.4, -0.2) is 61.3 Å². The number of carbonyl (C=O) groups is 1. The fourth-order valence-corrected chi connectivity index (χ4v) is 4.01. The molecule has 4 rings (SSSR count). The molecule has 2 fully saturated rings. The van der Waals surface area contributed by atoms with E-state index in [0.29, 0.717) is 17.5 Å². The number of rotatable bonds is 6. The lowest BCUT2D eigenvalue weighted by molar-refractivity contribution is -0.140. The third-order valence-corrected chi connectivity index (χ3v) is 5.94. The van der Waals surface area contributed by atoms with Gasteiger partial charge in [0.2, 0.25) is 5.88 Å². The first-order valence-electron chi connectivity index (χ1n) is 11.1. The van der Waals surface area contributed by atoms with Crippen molar-refractivity contribution in [2.75, 3.05) is 40.5 Å². The Morgan fingerprint density at radius 2 is 1.86 bits per heavy atom. The van der Waals surface area contributed by atoms with Crippen molar-refractivity contribution >= 4 is 5.91 Å². The average Bonchev–Trinajstić information content (AvgIpc) is 3.36. The lowest BCUT2D eigenvalue weighted by Crippen LogP contribution is -2.39. The van der Waals surface area contributed by atoms with Gasteiger partial charge in [0.25, 0.3) is 5.91 Å². The van der Waals surface area contributed by atoms with Gasteiger partial charge in [0.15, 0.2) is 0 Å². The highest BCUT2D eigenvalue weighted by molar-refractivity contribution is 5.94. The zero-order valence-electron chi connectivity index (χ0n) is 19.6. The molecule has 0 spiro atoms. The molecule has 0 radical (unpaired) electrons. The van der Waals surface area contributed by atoms with E-state index in [1.807, 2.05) is 4.90 Å². The van der Waals surface area contributed by atoms with Crippen molar-refractivity contribution in [2.45, 2.75) is 25.1 Å². The molecule has 1 unspecified atom stereocenters. The van der Waals surface area contributed by atoms with Crippen molar-refractivity contribution in [3.8, 4) is 5.88 Å². The third-order valence-electron chi connectivity index (χ3n) is 5.94. The van der Waals surface area contributed by atoms with Gasteiger partial charge in [-0.05, 0) is 31.0 Å². The van der Waals surface area contributed by atoms with Gasteiger partial charge in [0.1, 0.15) is 11.6 Å². The summed E-state index contributed by atoms with van der Waals surface area (Å²) < 4.78 is 75.0. The molecule has 1 aromatic heterocycles. The molecule has 0 bridgehead atoms. The van der Waals surface area contributed by atoms with Crippen molar-refractivity contribution in [2.24, 2.45) is 11.2 Å². The van der Waals surface area contributed by atoms with Crippen molar-refractivity contribution in [1.29, 1.82) is 0 Å². The number of nitroso groups, excluding NO2 is 1. The summed E-state index contributed by atoms with van der Waals surface area (Å²) in [5.74, 6) is -2.62. The number of ether oxygens (including phenoxy) is 2. The van der Waals surface area contributed by atoms with E-state index in [0.717, 1.165) is 30.9 Å². The number of halogens is 5. The van der Waals surface area contributed by atoms with Gasteiger partial charge in [-0.2, -0.15) is 13.2 Å². The molecule has 196 valence electrons. The molecular weight excluding hydrogens is 491 g/mol. The van der Waals surface area contributed by atoms with E-state index in [9.17, 15) is 31.7 Å². The van der Waals surface area contributed by atoms with Crippen LogP contribution in [-0.2, 0) is 10.9 Å². The predicted octanol–water partition coefficient (Wildman–Crippen LogP) is 4.61. The van der Waals surface area contributed by atoms with Gasteiger partial charge in [0.05, 0.1) is 37.2 Å². The van der Waals surface area contributed by atoms with Crippen LogP contribution in [0.5, 0.6) is 5.88 Å². The highest BCUT2D eigenvalue weighted by Gasteiger charge is 2.39. The Balaban J connectivity index is 0.000000212. The van der Waals surface area contributed by atoms with Crippen LogP contribution in [0, 0.1) is 22.5 Å². The number of methoxy groups -OCH3 is 1. The number of benzene rings is 1. The van der Waals surface area contributed by atoms with Gasteiger partial charge >= 0.3 is 6.18 Å². The molecule has 2 saturated heterocycles. The normalized spacial score (nSPS) is 16.5. The molecule has 1 amide bonds. The second kappa shape index (κ2) is 11.6. The SMILES string of the molecule is CN(N=O)C(c1cc(F)c(C(F)(F)F)cc1F)C1COC1.COc1cc(C(=O)N2CCCC2)ccn1. The minimum absolute atomic E-state index is 0.0770. The third kappa shape index (κ3) is 6.25. The Kier molecular flexibility index (Phi) is 8.77. The van der Waals surface area contributed by atoms with Gasteiger partial charge in [0, 0.05) is 49.4 Å². The van der Waals surface area contributed by atoms with Crippen LogP contribution >= 0.6 is 0 Å². The zero-order valence-corrected chi connectivity index (χ0v) is 19.6. The van der Waals surface area contributed by atoms with Crippen LogP contribution in [0.2, 0.25) is 0 Å². The van der Waals surface area contributed by atoms with Gasteiger partial charge in [-0.25, -0.2) is 13.8 Å². The molecular formula is C23H25F5N4O4. The summed E-state index contributed by atoms with van der Waals surface area (Å²) in [5, 5.41) is 3.47. The second-order valence-corrected chi connectivity index (χ2v) is 8.34. The average molecular weight is 516 g/mol. The maximum Gasteiger partial charge on any atom is 0.419 e. The van der Waals surface area contributed by atoms with E-state index in [2.05, 4.69) is 10.3 Å². The summed E-state index contributed by atoms with van der Waals surface area (Å²) in [6, 6.07) is 2.98. The van der Waals surface area contributed by atoms with Crippen LogP contribution in [0.1, 0.15) is 40.4 Å². The van der Waals surface area contributed by atoms with E-state index >= 15 is 0 Å². The highest BCUT2D eigenvalue weighted by Crippen LogP contribution is 2.38. The van der Waals surface area contributed by atoms with E-state index in [-0.39, 0.29) is 36.7 Å². The number of likely N-dealkylation sites (tertiary alicyclic amines) is 1. The number of amides is 1. The highest BCUT2D eigenvalue weighted by atomic mass is 19.4. The fraction of sp³-hybridized carbons (Fsp3) is 0.478. The van der Waals surface area contributed by atoms with E-state index in [1.54, 1.807) is 25.4 Å². The molecule has 0 saturated carbocycles. The summed E-state index contributed by atoms with van der Waals surface area (Å²) in [6.07, 6.45) is -1.18. The Bertz CT molecular complexity index is 1070. The molecule has 2 aliphatic rings. The Morgan fingerprint density at radius 3 is 2.39 bits per heavy atom. The first-order valence-corrected chi connectivity index (χ1v) is 11.1. The van der Waals surface area contributed by atoms with Crippen LogP contribution < -0.4 is 4.74 Å².